The minimum atomic E-state index is -4.38. The third-order valence-corrected chi connectivity index (χ3v) is 4.61. The standard InChI is InChI=1S/C17H18F3N5OS.H2/c1-25-16-11(10-23-25)3-4-13(26-2)15(16)24-27-8-7-22-14-9-12(5-6-21-14)17(18,19)20;/h3-6,9-10,24H,7-8H2,1-2H3,(H,21,22);1H. The molecule has 146 valence electrons. The number of ether oxygens (including phenoxy) is 1. The second kappa shape index (κ2) is 7.95. The number of methoxy groups -OCH3 is 1. The Morgan fingerprint density at radius 3 is 2.85 bits per heavy atom. The van der Waals surface area contributed by atoms with Gasteiger partial charge in [-0.15, -0.1) is 0 Å². The van der Waals surface area contributed by atoms with Crippen molar-refractivity contribution in [1.82, 2.24) is 14.8 Å². The molecule has 0 amide bonds. The van der Waals surface area contributed by atoms with Crippen LogP contribution in [0.15, 0.2) is 36.7 Å². The van der Waals surface area contributed by atoms with Gasteiger partial charge in [0.2, 0.25) is 0 Å². The van der Waals surface area contributed by atoms with Crippen molar-refractivity contribution >= 4 is 34.4 Å². The zero-order valence-corrected chi connectivity index (χ0v) is 15.5. The van der Waals surface area contributed by atoms with Crippen molar-refractivity contribution in [2.24, 2.45) is 7.05 Å². The van der Waals surface area contributed by atoms with Crippen molar-refractivity contribution in [2.75, 3.05) is 29.4 Å². The number of aromatic nitrogens is 3. The van der Waals surface area contributed by atoms with Crippen LogP contribution in [0.25, 0.3) is 10.9 Å². The molecule has 2 aromatic heterocycles. The summed E-state index contributed by atoms with van der Waals surface area (Å²) in [4.78, 5) is 3.91. The summed E-state index contributed by atoms with van der Waals surface area (Å²) in [6, 6.07) is 5.73. The number of nitrogens with zero attached hydrogens (tertiary/aromatic N) is 3. The van der Waals surface area contributed by atoms with Gasteiger partial charge in [-0.3, -0.25) is 4.68 Å². The molecule has 0 fully saturated rings. The number of hydrogen-bond donors (Lipinski definition) is 2. The maximum Gasteiger partial charge on any atom is 0.416 e. The average molecular weight is 399 g/mol. The lowest BCUT2D eigenvalue weighted by molar-refractivity contribution is -0.137. The van der Waals surface area contributed by atoms with E-state index in [0.29, 0.717) is 18.0 Å². The highest BCUT2D eigenvalue weighted by molar-refractivity contribution is 8.00. The minimum Gasteiger partial charge on any atom is -0.494 e. The van der Waals surface area contributed by atoms with Gasteiger partial charge in [0.15, 0.2) is 0 Å². The highest BCUT2D eigenvalue weighted by Gasteiger charge is 2.30. The van der Waals surface area contributed by atoms with Gasteiger partial charge in [-0.25, -0.2) is 4.98 Å². The Labute approximate surface area is 159 Å². The molecule has 1 aromatic carbocycles. The Hall–Kier alpha value is -2.62. The van der Waals surface area contributed by atoms with Crippen molar-refractivity contribution < 1.29 is 19.3 Å². The zero-order valence-electron chi connectivity index (χ0n) is 14.7. The molecule has 6 nitrogen and oxygen atoms in total. The van der Waals surface area contributed by atoms with Crippen molar-refractivity contribution in [1.29, 1.82) is 0 Å². The van der Waals surface area contributed by atoms with E-state index in [1.54, 1.807) is 18.0 Å². The van der Waals surface area contributed by atoms with E-state index in [0.717, 1.165) is 34.9 Å². The molecule has 0 bridgehead atoms. The van der Waals surface area contributed by atoms with E-state index in [1.165, 1.54) is 11.9 Å². The Morgan fingerprint density at radius 1 is 1.30 bits per heavy atom. The fourth-order valence-corrected chi connectivity index (χ4v) is 3.22. The van der Waals surface area contributed by atoms with E-state index < -0.39 is 11.7 Å². The van der Waals surface area contributed by atoms with Crippen LogP contribution in [0.5, 0.6) is 5.75 Å². The van der Waals surface area contributed by atoms with Crippen LogP contribution in [0.3, 0.4) is 0 Å². The van der Waals surface area contributed by atoms with Crippen molar-refractivity contribution in [3.05, 3.63) is 42.2 Å². The lowest BCUT2D eigenvalue weighted by atomic mass is 10.2. The molecule has 10 heteroatoms. The van der Waals surface area contributed by atoms with E-state index in [4.69, 9.17) is 4.74 Å². The molecule has 0 radical (unpaired) electrons. The minimum absolute atomic E-state index is 0. The van der Waals surface area contributed by atoms with Crippen LogP contribution >= 0.6 is 11.9 Å². The first-order valence-electron chi connectivity index (χ1n) is 8.04. The van der Waals surface area contributed by atoms with Crippen LogP contribution in [-0.2, 0) is 13.2 Å². The number of fused-ring (bicyclic) bond motifs is 1. The van der Waals surface area contributed by atoms with Gasteiger partial charge in [0.05, 0.1) is 24.4 Å². The number of alkyl halides is 3. The number of nitrogens with one attached hydrogen (secondary N) is 2. The molecule has 3 aromatic rings. The summed E-state index contributed by atoms with van der Waals surface area (Å²) in [6.07, 6.45) is -1.47. The van der Waals surface area contributed by atoms with E-state index >= 15 is 0 Å². The molecule has 0 aliphatic rings. The largest absolute Gasteiger partial charge is 0.494 e. The lowest BCUT2D eigenvalue weighted by Crippen LogP contribution is -2.10. The first-order chi connectivity index (χ1) is 12.9. The highest BCUT2D eigenvalue weighted by atomic mass is 32.2. The third kappa shape index (κ3) is 4.38. The molecule has 0 atom stereocenters. The van der Waals surface area contributed by atoms with Crippen LogP contribution in [-0.4, -0.2) is 34.2 Å². The molecular formula is C17H20F3N5OS. The Kier molecular flexibility index (Phi) is 5.64. The summed E-state index contributed by atoms with van der Waals surface area (Å²) >= 11 is 1.41. The van der Waals surface area contributed by atoms with Crippen molar-refractivity contribution in [3.63, 3.8) is 0 Å². The van der Waals surface area contributed by atoms with Gasteiger partial charge >= 0.3 is 6.18 Å². The van der Waals surface area contributed by atoms with E-state index in [-0.39, 0.29) is 7.24 Å². The second-order valence-electron chi connectivity index (χ2n) is 5.65. The normalized spacial score (nSPS) is 11.6. The Bertz CT molecular complexity index is 935. The molecular weight excluding hydrogens is 379 g/mol. The molecule has 0 saturated carbocycles. The fourth-order valence-electron chi connectivity index (χ4n) is 2.57. The van der Waals surface area contributed by atoms with Crippen LogP contribution in [0.2, 0.25) is 0 Å². The highest BCUT2D eigenvalue weighted by Crippen LogP contribution is 2.34. The molecule has 0 aliphatic heterocycles. The number of benzene rings is 1. The monoisotopic (exact) mass is 399 g/mol. The van der Waals surface area contributed by atoms with E-state index in [1.807, 2.05) is 19.2 Å². The van der Waals surface area contributed by atoms with Crippen LogP contribution in [0, 0.1) is 0 Å². The summed E-state index contributed by atoms with van der Waals surface area (Å²) < 4.78 is 48.5. The van der Waals surface area contributed by atoms with Gasteiger partial charge in [-0.2, -0.15) is 18.3 Å². The van der Waals surface area contributed by atoms with Crippen molar-refractivity contribution in [3.8, 4) is 5.75 Å². The molecule has 0 unspecified atom stereocenters. The molecule has 0 spiro atoms. The first-order valence-corrected chi connectivity index (χ1v) is 9.02. The molecule has 2 heterocycles. The fraction of sp³-hybridized carbons (Fsp3) is 0.294. The van der Waals surface area contributed by atoms with E-state index in [2.05, 4.69) is 20.1 Å². The predicted octanol–water partition coefficient (Wildman–Crippen LogP) is 4.41. The van der Waals surface area contributed by atoms with Gasteiger partial charge in [0, 0.05) is 32.4 Å². The number of rotatable bonds is 7. The van der Waals surface area contributed by atoms with Crippen LogP contribution in [0.4, 0.5) is 24.7 Å². The number of halogens is 3. The SMILES string of the molecule is COc1ccc2cnn(C)c2c1NSCCNc1cc(C(F)(F)F)ccn1.[HH]. The summed E-state index contributed by atoms with van der Waals surface area (Å²) in [5, 5.41) is 8.12. The van der Waals surface area contributed by atoms with Crippen molar-refractivity contribution in [2.45, 2.75) is 6.18 Å². The topological polar surface area (TPSA) is 64.0 Å². The quantitative estimate of drug-likeness (QED) is 0.453. The first kappa shape index (κ1) is 19.2. The number of anilines is 2. The Balaban J connectivity index is 0.00000280. The summed E-state index contributed by atoms with van der Waals surface area (Å²) in [7, 11) is 3.44. The summed E-state index contributed by atoms with van der Waals surface area (Å²) in [5.74, 6) is 1.47. The predicted molar refractivity (Wildman–Crippen MR) is 103 cm³/mol. The lowest BCUT2D eigenvalue weighted by Gasteiger charge is -2.13. The molecule has 0 saturated heterocycles. The number of hydrogen-bond acceptors (Lipinski definition) is 6. The Morgan fingerprint density at radius 2 is 2.11 bits per heavy atom. The van der Waals surface area contributed by atoms with Gasteiger partial charge in [0.25, 0.3) is 0 Å². The number of aryl methyl sites for hydroxylation is 1. The zero-order chi connectivity index (χ0) is 19.4. The third-order valence-electron chi connectivity index (χ3n) is 3.86. The van der Waals surface area contributed by atoms with Gasteiger partial charge in [-0.1, -0.05) is 11.9 Å². The second-order valence-corrected chi connectivity index (χ2v) is 6.55. The average Bonchev–Trinajstić information content (AvgIpc) is 3.02. The van der Waals surface area contributed by atoms with Crippen LogP contribution < -0.4 is 14.8 Å². The molecule has 27 heavy (non-hydrogen) atoms. The van der Waals surface area contributed by atoms with Gasteiger partial charge in [-0.05, 0) is 24.3 Å². The van der Waals surface area contributed by atoms with Gasteiger partial charge in [0.1, 0.15) is 17.3 Å². The van der Waals surface area contributed by atoms with Gasteiger partial charge < -0.3 is 14.8 Å². The summed E-state index contributed by atoms with van der Waals surface area (Å²) in [6.45, 7) is 0.440. The van der Waals surface area contributed by atoms with Crippen LogP contribution in [0.1, 0.15) is 6.99 Å². The van der Waals surface area contributed by atoms with E-state index in [9.17, 15) is 13.2 Å². The smallest absolute Gasteiger partial charge is 0.416 e. The molecule has 3 rings (SSSR count). The maximum atomic E-state index is 12.7. The summed E-state index contributed by atoms with van der Waals surface area (Å²) in [5.41, 5.74) is 0.991. The molecule has 0 aliphatic carbocycles. The molecule has 2 N–H and O–H groups in total. The maximum absolute atomic E-state index is 12.7. The number of pyridine rings is 1.